The average Bonchev–Trinajstić information content (AvgIpc) is 3.02. The van der Waals surface area contributed by atoms with Crippen LogP contribution in [-0.2, 0) is 17.8 Å². The number of nitrogens with one attached hydrogen (secondary N) is 3. The molecule has 2 aromatic rings. The minimum absolute atomic E-state index is 0.0196. The predicted octanol–water partition coefficient (Wildman–Crippen LogP) is 0.444. The van der Waals surface area contributed by atoms with Crippen molar-refractivity contribution in [3.8, 4) is 0 Å². The van der Waals surface area contributed by atoms with Crippen molar-refractivity contribution in [2.45, 2.75) is 25.3 Å². The van der Waals surface area contributed by atoms with Crippen LogP contribution in [0.3, 0.4) is 0 Å². The highest BCUT2D eigenvalue weighted by Crippen LogP contribution is 2.32. The molecule has 0 saturated carbocycles. The molecule has 6 nitrogen and oxygen atoms in total. The Bertz CT molecular complexity index is 658. The number of nitrogens with zero attached hydrogens (tertiary/aromatic N) is 1. The van der Waals surface area contributed by atoms with Crippen LogP contribution in [0.2, 0.25) is 0 Å². The SMILES string of the molecule is O=C(NCc1n[nH]c(=O)[nH]1)[C@@H]1CCc2ccccc21. The smallest absolute Gasteiger partial charge is 0.340 e. The summed E-state index contributed by atoms with van der Waals surface area (Å²) in [6, 6.07) is 8.01. The summed E-state index contributed by atoms with van der Waals surface area (Å²) in [6.07, 6.45) is 1.77. The third kappa shape index (κ3) is 2.29. The van der Waals surface area contributed by atoms with Crippen LogP contribution in [-0.4, -0.2) is 21.1 Å². The van der Waals surface area contributed by atoms with Crippen LogP contribution in [0.1, 0.15) is 29.3 Å². The number of carbonyl (C=O) groups excluding carboxylic acids is 1. The molecule has 0 radical (unpaired) electrons. The molecule has 0 saturated heterocycles. The van der Waals surface area contributed by atoms with Gasteiger partial charge in [-0.2, -0.15) is 5.10 Å². The molecule has 0 fully saturated rings. The molecule has 3 rings (SSSR count). The van der Waals surface area contributed by atoms with Crippen LogP contribution in [0, 0.1) is 0 Å². The van der Waals surface area contributed by atoms with Crippen molar-refractivity contribution in [2.24, 2.45) is 0 Å². The molecule has 6 heteroatoms. The van der Waals surface area contributed by atoms with Crippen molar-refractivity contribution >= 4 is 5.91 Å². The summed E-state index contributed by atoms with van der Waals surface area (Å²) in [5.41, 5.74) is 1.99. The topological polar surface area (TPSA) is 90.6 Å². The second-order valence-electron chi connectivity index (χ2n) is 4.63. The third-order valence-corrected chi connectivity index (χ3v) is 3.43. The van der Waals surface area contributed by atoms with Crippen molar-refractivity contribution in [3.63, 3.8) is 0 Å². The Kier molecular flexibility index (Phi) is 2.91. The highest BCUT2D eigenvalue weighted by molar-refractivity contribution is 5.84. The molecular formula is C13H14N4O2. The summed E-state index contributed by atoms with van der Waals surface area (Å²) >= 11 is 0. The Morgan fingerprint density at radius 3 is 3.05 bits per heavy atom. The van der Waals surface area contributed by atoms with Gasteiger partial charge in [-0.3, -0.25) is 9.78 Å². The standard InChI is InChI=1S/C13H14N4O2/c18-12(14-7-11-15-13(19)17-16-11)10-6-5-8-3-1-2-4-9(8)10/h1-4,10H,5-7H2,(H,14,18)(H2,15,16,17,19)/t10-/m1/s1. The molecule has 1 aromatic heterocycles. The number of amides is 1. The summed E-state index contributed by atoms with van der Waals surface area (Å²) in [6.45, 7) is 0.232. The van der Waals surface area contributed by atoms with Crippen LogP contribution in [0.5, 0.6) is 0 Å². The van der Waals surface area contributed by atoms with Crippen molar-refractivity contribution in [1.82, 2.24) is 20.5 Å². The minimum Gasteiger partial charge on any atom is -0.348 e. The second kappa shape index (κ2) is 4.72. The lowest BCUT2D eigenvalue weighted by Gasteiger charge is -2.11. The van der Waals surface area contributed by atoms with Gasteiger partial charge in [-0.25, -0.2) is 9.89 Å². The van der Waals surface area contributed by atoms with Gasteiger partial charge in [-0.15, -0.1) is 0 Å². The van der Waals surface area contributed by atoms with E-state index in [0.29, 0.717) is 5.82 Å². The number of rotatable bonds is 3. The Morgan fingerprint density at radius 2 is 2.26 bits per heavy atom. The molecule has 1 aromatic carbocycles. The quantitative estimate of drug-likeness (QED) is 0.746. The van der Waals surface area contributed by atoms with Crippen LogP contribution in [0.15, 0.2) is 29.1 Å². The van der Waals surface area contributed by atoms with E-state index in [4.69, 9.17) is 0 Å². The third-order valence-electron chi connectivity index (χ3n) is 3.43. The number of H-pyrrole nitrogens is 2. The maximum atomic E-state index is 12.1. The largest absolute Gasteiger partial charge is 0.348 e. The monoisotopic (exact) mass is 258 g/mol. The molecule has 0 spiro atoms. The normalized spacial score (nSPS) is 17.2. The molecular weight excluding hydrogens is 244 g/mol. The zero-order chi connectivity index (χ0) is 13.2. The van der Waals surface area contributed by atoms with Gasteiger partial charge in [0.2, 0.25) is 5.91 Å². The number of carbonyl (C=O) groups is 1. The van der Waals surface area contributed by atoms with Gasteiger partial charge in [0.25, 0.3) is 0 Å². The van der Waals surface area contributed by atoms with E-state index in [9.17, 15) is 9.59 Å². The molecule has 1 heterocycles. The zero-order valence-corrected chi connectivity index (χ0v) is 10.3. The maximum Gasteiger partial charge on any atom is 0.340 e. The first-order chi connectivity index (χ1) is 9.24. The minimum atomic E-state index is -0.365. The van der Waals surface area contributed by atoms with Crippen molar-refractivity contribution in [2.75, 3.05) is 0 Å². The van der Waals surface area contributed by atoms with Crippen LogP contribution < -0.4 is 11.0 Å². The van der Waals surface area contributed by atoms with Gasteiger partial charge in [-0.05, 0) is 24.0 Å². The van der Waals surface area contributed by atoms with Crippen LogP contribution in [0.4, 0.5) is 0 Å². The molecule has 0 bridgehead atoms. The van der Waals surface area contributed by atoms with E-state index in [1.165, 1.54) is 5.56 Å². The summed E-state index contributed by atoms with van der Waals surface area (Å²) in [7, 11) is 0. The highest BCUT2D eigenvalue weighted by Gasteiger charge is 2.27. The number of hydrogen-bond acceptors (Lipinski definition) is 3. The molecule has 1 aliphatic carbocycles. The van der Waals surface area contributed by atoms with E-state index in [2.05, 4.69) is 26.6 Å². The predicted molar refractivity (Wildman–Crippen MR) is 68.6 cm³/mol. The van der Waals surface area contributed by atoms with Gasteiger partial charge in [0.1, 0.15) is 5.82 Å². The summed E-state index contributed by atoms with van der Waals surface area (Å²) < 4.78 is 0. The Hall–Kier alpha value is -2.37. The van der Waals surface area contributed by atoms with Gasteiger partial charge >= 0.3 is 5.69 Å². The molecule has 1 atom stereocenters. The molecule has 3 N–H and O–H groups in total. The average molecular weight is 258 g/mol. The lowest BCUT2D eigenvalue weighted by Crippen LogP contribution is -2.28. The highest BCUT2D eigenvalue weighted by atomic mass is 16.2. The number of benzene rings is 1. The van der Waals surface area contributed by atoms with Crippen LogP contribution >= 0.6 is 0 Å². The van der Waals surface area contributed by atoms with Gasteiger partial charge in [0, 0.05) is 0 Å². The molecule has 0 aliphatic heterocycles. The van der Waals surface area contributed by atoms with E-state index < -0.39 is 0 Å². The lowest BCUT2D eigenvalue weighted by atomic mass is 10.0. The Balaban J connectivity index is 1.67. The van der Waals surface area contributed by atoms with Gasteiger partial charge < -0.3 is 5.32 Å². The van der Waals surface area contributed by atoms with Crippen molar-refractivity contribution in [3.05, 3.63) is 51.7 Å². The molecule has 0 unspecified atom stereocenters. The molecule has 98 valence electrons. The fourth-order valence-electron chi connectivity index (χ4n) is 2.51. The number of aromatic nitrogens is 3. The number of aromatic amines is 2. The first-order valence-electron chi connectivity index (χ1n) is 6.23. The Labute approximate surface area is 109 Å². The first-order valence-corrected chi connectivity index (χ1v) is 6.23. The summed E-state index contributed by atoms with van der Waals surface area (Å²) in [4.78, 5) is 25.5. The van der Waals surface area contributed by atoms with Crippen molar-refractivity contribution < 1.29 is 4.79 Å². The van der Waals surface area contributed by atoms with E-state index >= 15 is 0 Å². The van der Waals surface area contributed by atoms with Gasteiger partial charge in [0.05, 0.1) is 12.5 Å². The summed E-state index contributed by atoms with van der Waals surface area (Å²) in [5.74, 6) is 0.320. The fourth-order valence-corrected chi connectivity index (χ4v) is 2.51. The van der Waals surface area contributed by atoms with E-state index in [1.54, 1.807) is 0 Å². The van der Waals surface area contributed by atoms with E-state index in [-0.39, 0.29) is 24.1 Å². The number of fused-ring (bicyclic) bond motifs is 1. The maximum absolute atomic E-state index is 12.1. The van der Waals surface area contributed by atoms with E-state index in [1.807, 2.05) is 18.2 Å². The number of hydrogen-bond donors (Lipinski definition) is 3. The van der Waals surface area contributed by atoms with Crippen molar-refractivity contribution in [1.29, 1.82) is 0 Å². The van der Waals surface area contributed by atoms with E-state index in [0.717, 1.165) is 18.4 Å². The van der Waals surface area contributed by atoms with Gasteiger partial charge in [0.15, 0.2) is 0 Å². The first kappa shape index (κ1) is 11.7. The lowest BCUT2D eigenvalue weighted by molar-refractivity contribution is -0.122. The zero-order valence-electron chi connectivity index (χ0n) is 10.3. The summed E-state index contributed by atoms with van der Waals surface area (Å²) in [5, 5.41) is 8.82. The fraction of sp³-hybridized carbons (Fsp3) is 0.308. The molecule has 1 aliphatic rings. The van der Waals surface area contributed by atoms with Crippen LogP contribution in [0.25, 0.3) is 0 Å². The van der Waals surface area contributed by atoms with Gasteiger partial charge in [-0.1, -0.05) is 24.3 Å². The molecule has 1 amide bonds. The number of aryl methyl sites for hydroxylation is 1. The second-order valence-corrected chi connectivity index (χ2v) is 4.63. The Morgan fingerprint density at radius 1 is 1.42 bits per heavy atom. The molecule has 19 heavy (non-hydrogen) atoms.